The Hall–Kier alpha value is -2.86. The van der Waals surface area contributed by atoms with E-state index in [0.29, 0.717) is 0 Å². The smallest absolute Gasteiger partial charge is 0.258 e. The molecular formula is C19H16BrN3O2. The topological polar surface area (TPSA) is 54.3 Å². The fourth-order valence-electron chi connectivity index (χ4n) is 2.37. The summed E-state index contributed by atoms with van der Waals surface area (Å²) >= 11 is 3.31. The maximum Gasteiger partial charge on any atom is 0.258 e. The summed E-state index contributed by atoms with van der Waals surface area (Å²) in [6, 6.07) is 22.1. The third-order valence-electron chi connectivity index (χ3n) is 3.53. The number of amides is 1. The maximum atomic E-state index is 12.5. The molecule has 1 amide bonds. The number of hydrogen-bond donors (Lipinski definition) is 1. The molecule has 0 saturated carbocycles. The summed E-state index contributed by atoms with van der Waals surface area (Å²) in [6.07, 6.45) is 1.59. The van der Waals surface area contributed by atoms with E-state index in [1.165, 1.54) is 10.6 Å². The van der Waals surface area contributed by atoms with E-state index in [-0.39, 0.29) is 18.0 Å². The number of nitrogens with one attached hydrogen (secondary N) is 1. The largest absolute Gasteiger partial charge is 0.305 e. The van der Waals surface area contributed by atoms with E-state index in [4.69, 9.17) is 0 Å². The summed E-state index contributed by atoms with van der Waals surface area (Å²) in [6.45, 7) is -0.0750. The second kappa shape index (κ2) is 7.81. The molecule has 0 atom stereocenters. The minimum absolute atomic E-state index is 0.0750. The van der Waals surface area contributed by atoms with Crippen LogP contribution in [0.15, 0.2) is 88.3 Å². The molecule has 0 aliphatic carbocycles. The molecule has 3 aromatic rings. The number of carbonyl (C=O) groups is 1. The highest BCUT2D eigenvalue weighted by Crippen LogP contribution is 2.22. The predicted molar refractivity (Wildman–Crippen MR) is 102 cm³/mol. The quantitative estimate of drug-likeness (QED) is 0.670. The Bertz CT molecular complexity index is 871. The molecule has 0 radical (unpaired) electrons. The summed E-state index contributed by atoms with van der Waals surface area (Å²) in [7, 11) is 0. The molecule has 25 heavy (non-hydrogen) atoms. The van der Waals surface area contributed by atoms with E-state index in [1.54, 1.807) is 17.3 Å². The Balaban J connectivity index is 1.84. The highest BCUT2D eigenvalue weighted by Gasteiger charge is 2.13. The summed E-state index contributed by atoms with van der Waals surface area (Å²) in [5.41, 5.74) is 4.28. The van der Waals surface area contributed by atoms with Gasteiger partial charge in [0.25, 0.3) is 11.5 Å². The van der Waals surface area contributed by atoms with Crippen LogP contribution in [0.5, 0.6) is 0 Å². The van der Waals surface area contributed by atoms with Gasteiger partial charge >= 0.3 is 0 Å². The summed E-state index contributed by atoms with van der Waals surface area (Å²) in [4.78, 5) is 24.4. The number of pyridine rings is 1. The normalized spacial score (nSPS) is 10.3. The second-order valence-electron chi connectivity index (χ2n) is 5.35. The van der Waals surface area contributed by atoms with Gasteiger partial charge in [0.2, 0.25) is 0 Å². The number of carbonyl (C=O) groups excluding carboxylic acids is 1. The van der Waals surface area contributed by atoms with Crippen LogP contribution in [0.2, 0.25) is 0 Å². The number of rotatable bonds is 5. The number of aromatic nitrogens is 1. The zero-order valence-electron chi connectivity index (χ0n) is 13.3. The molecule has 0 spiro atoms. The molecule has 0 bridgehead atoms. The summed E-state index contributed by atoms with van der Waals surface area (Å²) in [5.74, 6) is -0.298. The molecule has 1 N–H and O–H groups in total. The number of benzene rings is 2. The Morgan fingerprint density at radius 2 is 1.48 bits per heavy atom. The van der Waals surface area contributed by atoms with Gasteiger partial charge in [-0.05, 0) is 46.3 Å². The van der Waals surface area contributed by atoms with Gasteiger partial charge in [0.05, 0.1) is 11.4 Å². The number of para-hydroxylation sites is 2. The summed E-state index contributed by atoms with van der Waals surface area (Å²) in [5, 5.41) is 1.70. The van der Waals surface area contributed by atoms with Crippen molar-refractivity contribution >= 4 is 33.2 Å². The number of nitrogens with zero attached hydrogens (tertiary/aromatic N) is 2. The fourth-order valence-corrected chi connectivity index (χ4v) is 2.75. The van der Waals surface area contributed by atoms with Gasteiger partial charge in [-0.1, -0.05) is 36.4 Å². The molecule has 0 fully saturated rings. The minimum atomic E-state index is -0.298. The van der Waals surface area contributed by atoms with Crippen molar-refractivity contribution in [2.75, 3.05) is 5.01 Å². The van der Waals surface area contributed by atoms with Gasteiger partial charge in [0.15, 0.2) is 0 Å². The molecule has 0 unspecified atom stereocenters. The molecule has 0 saturated heterocycles. The SMILES string of the molecule is O=C(Cn1cc(Br)ccc1=O)NN(c1ccccc1)c1ccccc1. The number of hydrogen-bond acceptors (Lipinski definition) is 3. The van der Waals surface area contributed by atoms with Crippen molar-refractivity contribution in [2.24, 2.45) is 0 Å². The van der Waals surface area contributed by atoms with E-state index in [2.05, 4.69) is 21.4 Å². The first-order valence-electron chi connectivity index (χ1n) is 7.69. The highest BCUT2D eigenvalue weighted by atomic mass is 79.9. The lowest BCUT2D eigenvalue weighted by Crippen LogP contribution is -2.42. The highest BCUT2D eigenvalue weighted by molar-refractivity contribution is 9.10. The van der Waals surface area contributed by atoms with Crippen molar-refractivity contribution in [1.82, 2.24) is 9.99 Å². The van der Waals surface area contributed by atoms with Crippen LogP contribution in [0.1, 0.15) is 0 Å². The average Bonchev–Trinajstić information content (AvgIpc) is 2.64. The van der Waals surface area contributed by atoms with Crippen LogP contribution in [0.4, 0.5) is 11.4 Å². The molecule has 0 aliphatic heterocycles. The molecule has 3 rings (SSSR count). The van der Waals surface area contributed by atoms with Crippen molar-refractivity contribution in [3.05, 3.63) is 93.8 Å². The first-order chi connectivity index (χ1) is 12.1. The zero-order valence-corrected chi connectivity index (χ0v) is 14.9. The number of anilines is 2. The number of hydrazine groups is 1. The van der Waals surface area contributed by atoms with Gasteiger partial charge in [-0.15, -0.1) is 0 Å². The molecule has 2 aromatic carbocycles. The van der Waals surface area contributed by atoms with E-state index < -0.39 is 0 Å². The molecule has 1 heterocycles. The molecule has 1 aromatic heterocycles. The van der Waals surface area contributed by atoms with Crippen molar-refractivity contribution in [2.45, 2.75) is 6.54 Å². The van der Waals surface area contributed by atoms with Crippen molar-refractivity contribution < 1.29 is 4.79 Å². The lowest BCUT2D eigenvalue weighted by Gasteiger charge is -2.25. The van der Waals surface area contributed by atoms with Crippen LogP contribution in [-0.4, -0.2) is 10.5 Å². The molecule has 5 nitrogen and oxygen atoms in total. The van der Waals surface area contributed by atoms with Gasteiger partial charge in [0, 0.05) is 16.7 Å². The van der Waals surface area contributed by atoms with Gasteiger partial charge < -0.3 is 4.57 Å². The van der Waals surface area contributed by atoms with Gasteiger partial charge in [-0.25, -0.2) is 0 Å². The van der Waals surface area contributed by atoms with Crippen LogP contribution in [0.3, 0.4) is 0 Å². The van der Waals surface area contributed by atoms with E-state index in [9.17, 15) is 9.59 Å². The van der Waals surface area contributed by atoms with E-state index in [1.807, 2.05) is 60.7 Å². The second-order valence-corrected chi connectivity index (χ2v) is 6.27. The Labute approximate surface area is 153 Å². The first kappa shape index (κ1) is 17.0. The molecule has 6 heteroatoms. The third kappa shape index (κ3) is 4.36. The van der Waals surface area contributed by atoms with Crippen molar-refractivity contribution in [3.63, 3.8) is 0 Å². The van der Waals surface area contributed by atoms with Crippen LogP contribution in [-0.2, 0) is 11.3 Å². The van der Waals surface area contributed by atoms with Crippen molar-refractivity contribution in [1.29, 1.82) is 0 Å². The number of halogens is 1. The third-order valence-corrected chi connectivity index (χ3v) is 4.00. The van der Waals surface area contributed by atoms with E-state index in [0.717, 1.165) is 15.8 Å². The fraction of sp³-hybridized carbons (Fsp3) is 0.0526. The van der Waals surface area contributed by atoms with Gasteiger partial charge in [-0.3, -0.25) is 20.0 Å². The van der Waals surface area contributed by atoms with E-state index >= 15 is 0 Å². The first-order valence-corrected chi connectivity index (χ1v) is 8.48. The lowest BCUT2D eigenvalue weighted by atomic mass is 10.2. The Kier molecular flexibility index (Phi) is 5.30. The molecular weight excluding hydrogens is 382 g/mol. The Morgan fingerprint density at radius 1 is 0.920 bits per heavy atom. The van der Waals surface area contributed by atoms with Crippen LogP contribution in [0, 0.1) is 0 Å². The van der Waals surface area contributed by atoms with Gasteiger partial charge in [-0.2, -0.15) is 0 Å². The lowest BCUT2D eigenvalue weighted by molar-refractivity contribution is -0.121. The average molecular weight is 398 g/mol. The molecule has 126 valence electrons. The van der Waals surface area contributed by atoms with Crippen LogP contribution >= 0.6 is 15.9 Å². The van der Waals surface area contributed by atoms with Crippen LogP contribution < -0.4 is 16.0 Å². The Morgan fingerprint density at radius 3 is 2.04 bits per heavy atom. The molecule has 0 aliphatic rings. The maximum absolute atomic E-state index is 12.5. The summed E-state index contributed by atoms with van der Waals surface area (Å²) < 4.78 is 2.09. The monoisotopic (exact) mass is 397 g/mol. The predicted octanol–water partition coefficient (Wildman–Crippen LogP) is 3.48. The minimum Gasteiger partial charge on any atom is -0.305 e. The standard InChI is InChI=1S/C19H16BrN3O2/c20-15-11-12-19(25)22(13-15)14-18(24)21-23(16-7-3-1-4-8-16)17-9-5-2-6-10-17/h1-13H,14H2,(H,21,24). The van der Waals surface area contributed by atoms with Crippen molar-refractivity contribution in [3.8, 4) is 0 Å². The van der Waals surface area contributed by atoms with Gasteiger partial charge in [0.1, 0.15) is 6.54 Å². The zero-order chi connectivity index (χ0) is 17.6. The van der Waals surface area contributed by atoms with Crippen LogP contribution in [0.25, 0.3) is 0 Å².